The molecule has 0 fully saturated rings. The minimum Gasteiger partial charge on any atom is -0.488 e. The maximum atomic E-state index is 11.6. The van der Waals surface area contributed by atoms with Crippen molar-refractivity contribution in [3.05, 3.63) is 29.8 Å². The standard InChI is InChI=1S/C15H22N2O2/c1-11(16)5-4-8-15(18)17-10-13-9-12-6-2-3-7-14(12)19-13/h2-3,6-7,11,13H,4-5,8-10,16H2,1H3,(H,17,18). The first-order valence-electron chi connectivity index (χ1n) is 6.92. The summed E-state index contributed by atoms with van der Waals surface area (Å²) in [4.78, 5) is 11.6. The van der Waals surface area contributed by atoms with E-state index in [2.05, 4.69) is 11.4 Å². The van der Waals surface area contributed by atoms with Crippen molar-refractivity contribution < 1.29 is 9.53 Å². The van der Waals surface area contributed by atoms with Gasteiger partial charge in [-0.25, -0.2) is 0 Å². The lowest BCUT2D eigenvalue weighted by Gasteiger charge is -2.12. The SMILES string of the molecule is CC(N)CCCC(=O)NCC1Cc2ccccc2O1. The minimum absolute atomic E-state index is 0.0646. The molecule has 2 atom stereocenters. The number of para-hydroxylation sites is 1. The Balaban J connectivity index is 1.66. The molecule has 1 aliphatic rings. The van der Waals surface area contributed by atoms with Crippen molar-refractivity contribution in [2.24, 2.45) is 5.73 Å². The second-order valence-electron chi connectivity index (χ2n) is 5.23. The first-order chi connectivity index (χ1) is 9.15. The highest BCUT2D eigenvalue weighted by Gasteiger charge is 2.22. The van der Waals surface area contributed by atoms with Gasteiger partial charge in [-0.05, 0) is 31.4 Å². The van der Waals surface area contributed by atoms with Crippen LogP contribution in [0.4, 0.5) is 0 Å². The predicted octanol–water partition coefficient (Wildman–Crippen LogP) is 1.62. The number of rotatable bonds is 6. The molecule has 1 aromatic carbocycles. The Morgan fingerprint density at radius 2 is 2.32 bits per heavy atom. The molecule has 0 saturated heterocycles. The molecular formula is C15H22N2O2. The number of nitrogens with one attached hydrogen (secondary N) is 1. The van der Waals surface area contributed by atoms with Crippen LogP contribution in [0.2, 0.25) is 0 Å². The van der Waals surface area contributed by atoms with E-state index in [4.69, 9.17) is 10.5 Å². The van der Waals surface area contributed by atoms with Crippen LogP contribution in [-0.4, -0.2) is 24.6 Å². The molecule has 2 unspecified atom stereocenters. The van der Waals surface area contributed by atoms with Crippen molar-refractivity contribution in [2.45, 2.75) is 44.8 Å². The van der Waals surface area contributed by atoms with Crippen molar-refractivity contribution in [2.75, 3.05) is 6.54 Å². The second kappa shape index (κ2) is 6.57. The van der Waals surface area contributed by atoms with Crippen LogP contribution in [-0.2, 0) is 11.2 Å². The Labute approximate surface area is 114 Å². The van der Waals surface area contributed by atoms with Crippen molar-refractivity contribution in [1.82, 2.24) is 5.32 Å². The number of nitrogens with two attached hydrogens (primary N) is 1. The summed E-state index contributed by atoms with van der Waals surface area (Å²) in [6, 6.07) is 8.19. The van der Waals surface area contributed by atoms with Crippen LogP contribution < -0.4 is 15.8 Å². The van der Waals surface area contributed by atoms with E-state index in [1.807, 2.05) is 25.1 Å². The van der Waals surface area contributed by atoms with Gasteiger partial charge in [0.1, 0.15) is 11.9 Å². The van der Waals surface area contributed by atoms with E-state index in [-0.39, 0.29) is 18.1 Å². The summed E-state index contributed by atoms with van der Waals surface area (Å²) in [6.07, 6.45) is 3.21. The maximum Gasteiger partial charge on any atom is 0.220 e. The van der Waals surface area contributed by atoms with Crippen LogP contribution in [0, 0.1) is 0 Å². The van der Waals surface area contributed by atoms with Crippen molar-refractivity contribution >= 4 is 5.91 Å². The van der Waals surface area contributed by atoms with E-state index < -0.39 is 0 Å². The molecule has 1 amide bonds. The fourth-order valence-corrected chi connectivity index (χ4v) is 2.27. The molecule has 1 aliphatic heterocycles. The average Bonchev–Trinajstić information content (AvgIpc) is 2.78. The smallest absolute Gasteiger partial charge is 0.220 e. The summed E-state index contributed by atoms with van der Waals surface area (Å²) in [5.74, 6) is 1.03. The average molecular weight is 262 g/mol. The third kappa shape index (κ3) is 4.24. The van der Waals surface area contributed by atoms with Gasteiger partial charge in [-0.15, -0.1) is 0 Å². The number of benzene rings is 1. The summed E-state index contributed by atoms with van der Waals surface area (Å²) >= 11 is 0. The van der Waals surface area contributed by atoms with Crippen molar-refractivity contribution in [1.29, 1.82) is 0 Å². The summed E-state index contributed by atoms with van der Waals surface area (Å²) in [7, 11) is 0. The van der Waals surface area contributed by atoms with Crippen LogP contribution >= 0.6 is 0 Å². The fourth-order valence-electron chi connectivity index (χ4n) is 2.27. The van der Waals surface area contributed by atoms with Crippen LogP contribution in [0.1, 0.15) is 31.7 Å². The van der Waals surface area contributed by atoms with Gasteiger partial charge in [0.2, 0.25) is 5.91 Å². The topological polar surface area (TPSA) is 64.4 Å². The largest absolute Gasteiger partial charge is 0.488 e. The van der Waals surface area contributed by atoms with Crippen LogP contribution in [0.5, 0.6) is 5.75 Å². The maximum absolute atomic E-state index is 11.6. The van der Waals surface area contributed by atoms with Gasteiger partial charge >= 0.3 is 0 Å². The Hall–Kier alpha value is -1.55. The van der Waals surface area contributed by atoms with E-state index in [0.717, 1.165) is 25.0 Å². The van der Waals surface area contributed by atoms with Gasteiger partial charge in [0.25, 0.3) is 0 Å². The zero-order valence-corrected chi connectivity index (χ0v) is 11.4. The first-order valence-corrected chi connectivity index (χ1v) is 6.92. The Morgan fingerprint density at radius 3 is 3.05 bits per heavy atom. The number of hydrogen-bond acceptors (Lipinski definition) is 3. The molecule has 1 heterocycles. The molecule has 0 bridgehead atoms. The molecule has 1 aromatic rings. The lowest BCUT2D eigenvalue weighted by Crippen LogP contribution is -2.34. The zero-order valence-electron chi connectivity index (χ0n) is 11.4. The van der Waals surface area contributed by atoms with Gasteiger partial charge in [-0.1, -0.05) is 18.2 Å². The predicted molar refractivity (Wildman–Crippen MR) is 75.1 cm³/mol. The van der Waals surface area contributed by atoms with E-state index in [0.29, 0.717) is 13.0 Å². The molecular weight excluding hydrogens is 240 g/mol. The number of carbonyl (C=O) groups is 1. The molecule has 0 saturated carbocycles. The summed E-state index contributed by atoms with van der Waals surface area (Å²) in [5.41, 5.74) is 6.87. The van der Waals surface area contributed by atoms with Crippen LogP contribution in [0.15, 0.2) is 24.3 Å². The molecule has 2 rings (SSSR count). The van der Waals surface area contributed by atoms with Gasteiger partial charge in [-0.2, -0.15) is 0 Å². The molecule has 4 heteroatoms. The highest BCUT2D eigenvalue weighted by atomic mass is 16.5. The number of amides is 1. The number of ether oxygens (including phenoxy) is 1. The Kier molecular flexibility index (Phi) is 4.80. The summed E-state index contributed by atoms with van der Waals surface area (Å²) in [6.45, 7) is 2.53. The molecule has 0 aliphatic carbocycles. The van der Waals surface area contributed by atoms with Gasteiger partial charge in [-0.3, -0.25) is 4.79 Å². The molecule has 0 spiro atoms. The van der Waals surface area contributed by atoms with Gasteiger partial charge in [0.15, 0.2) is 0 Å². The third-order valence-electron chi connectivity index (χ3n) is 3.30. The first kappa shape index (κ1) is 13.9. The molecule has 0 radical (unpaired) electrons. The summed E-state index contributed by atoms with van der Waals surface area (Å²) < 4.78 is 5.77. The zero-order chi connectivity index (χ0) is 13.7. The quantitative estimate of drug-likeness (QED) is 0.819. The van der Waals surface area contributed by atoms with E-state index in [9.17, 15) is 4.79 Å². The Bertz CT molecular complexity index is 407. The molecule has 0 aromatic heterocycles. The van der Waals surface area contributed by atoms with E-state index >= 15 is 0 Å². The van der Waals surface area contributed by atoms with Gasteiger partial charge in [0.05, 0.1) is 6.54 Å². The molecule has 19 heavy (non-hydrogen) atoms. The lowest BCUT2D eigenvalue weighted by molar-refractivity contribution is -0.121. The monoisotopic (exact) mass is 262 g/mol. The van der Waals surface area contributed by atoms with Crippen LogP contribution in [0.3, 0.4) is 0 Å². The minimum atomic E-state index is 0.0646. The van der Waals surface area contributed by atoms with Gasteiger partial charge < -0.3 is 15.8 Å². The summed E-state index contributed by atoms with van der Waals surface area (Å²) in [5, 5.41) is 2.93. The van der Waals surface area contributed by atoms with Crippen molar-refractivity contribution in [3.63, 3.8) is 0 Å². The second-order valence-corrected chi connectivity index (χ2v) is 5.23. The van der Waals surface area contributed by atoms with Crippen LogP contribution in [0.25, 0.3) is 0 Å². The highest BCUT2D eigenvalue weighted by Crippen LogP contribution is 2.27. The number of carbonyl (C=O) groups excluding carboxylic acids is 1. The molecule has 104 valence electrons. The fraction of sp³-hybridized carbons (Fsp3) is 0.533. The van der Waals surface area contributed by atoms with Gasteiger partial charge in [0, 0.05) is 18.9 Å². The lowest BCUT2D eigenvalue weighted by atomic mass is 10.1. The number of hydrogen-bond donors (Lipinski definition) is 2. The van der Waals surface area contributed by atoms with Crippen molar-refractivity contribution in [3.8, 4) is 5.75 Å². The molecule has 4 nitrogen and oxygen atoms in total. The Morgan fingerprint density at radius 1 is 1.53 bits per heavy atom. The third-order valence-corrected chi connectivity index (χ3v) is 3.30. The molecule has 3 N–H and O–H groups in total. The van der Waals surface area contributed by atoms with E-state index in [1.165, 1.54) is 5.56 Å². The number of fused-ring (bicyclic) bond motifs is 1. The highest BCUT2D eigenvalue weighted by molar-refractivity contribution is 5.75. The van der Waals surface area contributed by atoms with E-state index in [1.54, 1.807) is 0 Å². The normalized spacial score (nSPS) is 18.5.